The van der Waals surface area contributed by atoms with Crippen LogP contribution < -0.4 is 0 Å². The Morgan fingerprint density at radius 1 is 0.789 bits per heavy atom. The monoisotopic (exact) mass is 268 g/mol. The first-order valence-corrected chi connectivity index (χ1v) is 6.97. The molecule has 2 nitrogen and oxygen atoms in total. The van der Waals surface area contributed by atoms with Gasteiger partial charge in [-0.15, -0.1) is 0 Å². The fraction of sp³-hybridized carbons (Fsp3) is 0.765. The van der Waals surface area contributed by atoms with Gasteiger partial charge in [0.2, 0.25) is 0 Å². The second-order valence-corrected chi connectivity index (χ2v) is 7.23. The van der Waals surface area contributed by atoms with Crippen molar-refractivity contribution in [3.63, 3.8) is 0 Å². The highest BCUT2D eigenvalue weighted by atomic mass is 16.1. The number of carbonyl (C=O) groups excluding carboxylic acids is 2. The van der Waals surface area contributed by atoms with Crippen molar-refractivity contribution < 1.29 is 9.59 Å². The zero-order valence-corrected chi connectivity index (χ0v) is 14.5. The molecule has 0 aromatic carbocycles. The van der Waals surface area contributed by atoms with E-state index in [1.165, 1.54) is 0 Å². The minimum Gasteiger partial charge on any atom is -0.299 e. The number of ketones is 2. The van der Waals surface area contributed by atoms with Crippen molar-refractivity contribution >= 4 is 11.6 Å². The maximum absolute atomic E-state index is 11.5. The molecule has 0 bridgehead atoms. The first-order valence-electron chi connectivity index (χ1n) is 6.97. The van der Waals surface area contributed by atoms with Gasteiger partial charge >= 0.3 is 0 Å². The second-order valence-electron chi connectivity index (χ2n) is 7.23. The van der Waals surface area contributed by atoms with E-state index >= 15 is 0 Å². The summed E-state index contributed by atoms with van der Waals surface area (Å²) in [6.07, 6.45) is 0.656. The van der Waals surface area contributed by atoms with Crippen LogP contribution in [0, 0.1) is 10.8 Å². The number of rotatable bonds is 2. The van der Waals surface area contributed by atoms with Crippen LogP contribution in [-0.2, 0) is 9.59 Å². The van der Waals surface area contributed by atoms with Gasteiger partial charge in [0.1, 0.15) is 5.78 Å². The molecule has 0 rings (SSSR count). The van der Waals surface area contributed by atoms with Gasteiger partial charge in [0, 0.05) is 17.3 Å². The third-order valence-electron chi connectivity index (χ3n) is 2.93. The smallest absolute Gasteiger partial charge is 0.163 e. The quantitative estimate of drug-likeness (QED) is 0.663. The molecule has 0 aromatic heterocycles. The summed E-state index contributed by atoms with van der Waals surface area (Å²) < 4.78 is 0. The molecule has 0 saturated carbocycles. The summed E-state index contributed by atoms with van der Waals surface area (Å²) in [4.78, 5) is 22.4. The zero-order valence-electron chi connectivity index (χ0n) is 14.5. The van der Waals surface area contributed by atoms with Gasteiger partial charge in [-0.3, -0.25) is 9.59 Å². The SMILES string of the molecule is CC(C)=C(C)C(=O)C(C)(C)C.CCC(=O)C(C)(C)C. The number of allylic oxidation sites excluding steroid dienone is 2. The minimum absolute atomic E-state index is 0.130. The van der Waals surface area contributed by atoms with E-state index in [9.17, 15) is 9.59 Å². The van der Waals surface area contributed by atoms with Gasteiger partial charge in [-0.1, -0.05) is 54.0 Å². The fourth-order valence-corrected chi connectivity index (χ4v) is 1.32. The molecule has 0 spiro atoms. The van der Waals surface area contributed by atoms with Crippen molar-refractivity contribution in [1.82, 2.24) is 0 Å². The third kappa shape index (κ3) is 8.74. The van der Waals surface area contributed by atoms with Gasteiger partial charge in [-0.2, -0.15) is 0 Å². The summed E-state index contributed by atoms with van der Waals surface area (Å²) >= 11 is 0. The van der Waals surface area contributed by atoms with E-state index in [4.69, 9.17) is 0 Å². The number of hydrogen-bond donors (Lipinski definition) is 0. The van der Waals surface area contributed by atoms with Crippen LogP contribution in [0.25, 0.3) is 0 Å². The Balaban J connectivity index is 0. The van der Waals surface area contributed by atoms with Gasteiger partial charge < -0.3 is 0 Å². The molecule has 0 unspecified atom stereocenters. The molecule has 0 saturated heterocycles. The molecule has 0 aliphatic heterocycles. The molecule has 19 heavy (non-hydrogen) atoms. The van der Waals surface area contributed by atoms with Crippen LogP contribution in [0.4, 0.5) is 0 Å². The van der Waals surface area contributed by atoms with Crippen LogP contribution in [0.15, 0.2) is 11.1 Å². The Labute approximate surface area is 119 Å². The van der Waals surface area contributed by atoms with E-state index in [1.54, 1.807) is 0 Å². The van der Waals surface area contributed by atoms with Gasteiger partial charge in [-0.25, -0.2) is 0 Å². The van der Waals surface area contributed by atoms with Crippen LogP contribution >= 0.6 is 0 Å². The first kappa shape index (κ1) is 20.4. The predicted molar refractivity (Wildman–Crippen MR) is 83.3 cm³/mol. The van der Waals surface area contributed by atoms with Gasteiger partial charge in [-0.05, 0) is 26.3 Å². The van der Waals surface area contributed by atoms with E-state index in [1.807, 2.05) is 69.2 Å². The fourth-order valence-electron chi connectivity index (χ4n) is 1.32. The lowest BCUT2D eigenvalue weighted by Gasteiger charge is -2.17. The van der Waals surface area contributed by atoms with E-state index in [2.05, 4.69) is 0 Å². The van der Waals surface area contributed by atoms with E-state index in [0.29, 0.717) is 12.2 Å². The van der Waals surface area contributed by atoms with Crippen LogP contribution in [0.3, 0.4) is 0 Å². The molecule has 0 aliphatic rings. The minimum atomic E-state index is -0.235. The summed E-state index contributed by atoms with van der Waals surface area (Å²) in [5.74, 6) is 0.579. The highest BCUT2D eigenvalue weighted by Crippen LogP contribution is 2.21. The lowest BCUT2D eigenvalue weighted by molar-refractivity contribution is -0.126. The van der Waals surface area contributed by atoms with Crippen molar-refractivity contribution in [2.24, 2.45) is 10.8 Å². The predicted octanol–water partition coefficient (Wildman–Crippen LogP) is 4.97. The molecular formula is C17H32O2. The molecule has 0 radical (unpaired) electrons. The van der Waals surface area contributed by atoms with E-state index in [-0.39, 0.29) is 16.6 Å². The molecule has 2 heteroatoms. The van der Waals surface area contributed by atoms with E-state index < -0.39 is 0 Å². The summed E-state index contributed by atoms with van der Waals surface area (Å²) in [7, 11) is 0. The Morgan fingerprint density at radius 3 is 1.21 bits per heavy atom. The van der Waals surface area contributed by atoms with Crippen LogP contribution in [-0.4, -0.2) is 11.6 Å². The summed E-state index contributed by atoms with van der Waals surface area (Å²) in [5, 5.41) is 0. The molecule has 0 N–H and O–H groups in total. The molecule has 0 amide bonds. The summed E-state index contributed by atoms with van der Waals surface area (Å²) in [6, 6.07) is 0. The topological polar surface area (TPSA) is 34.1 Å². The van der Waals surface area contributed by atoms with Crippen LogP contribution in [0.1, 0.15) is 75.7 Å². The molecular weight excluding hydrogens is 236 g/mol. The Morgan fingerprint density at radius 2 is 1.16 bits per heavy atom. The second kappa shape index (κ2) is 7.62. The lowest BCUT2D eigenvalue weighted by atomic mass is 9.85. The molecule has 0 aliphatic carbocycles. The highest BCUT2D eigenvalue weighted by Gasteiger charge is 2.22. The van der Waals surface area contributed by atoms with Crippen molar-refractivity contribution in [3.8, 4) is 0 Å². The molecule has 0 atom stereocenters. The largest absolute Gasteiger partial charge is 0.299 e. The van der Waals surface area contributed by atoms with Crippen LogP contribution in [0.5, 0.6) is 0 Å². The average molecular weight is 268 g/mol. The third-order valence-corrected chi connectivity index (χ3v) is 2.93. The Bertz CT molecular complexity index is 342. The standard InChI is InChI=1S/C10H18O.C7H14O/c1-7(2)8(3)9(11)10(4,5)6;1-5-6(8)7(2,3)4/h1-6H3;5H2,1-4H3. The van der Waals surface area contributed by atoms with E-state index in [0.717, 1.165) is 11.1 Å². The average Bonchev–Trinajstić information content (AvgIpc) is 2.23. The molecule has 112 valence electrons. The van der Waals surface area contributed by atoms with Crippen molar-refractivity contribution in [2.75, 3.05) is 0 Å². The first-order chi connectivity index (χ1) is 8.25. The summed E-state index contributed by atoms with van der Waals surface area (Å²) in [5.41, 5.74) is 1.65. The number of Topliss-reactive ketones (excluding diaryl/α,β-unsaturated/α-hetero) is 2. The van der Waals surface area contributed by atoms with Gasteiger partial charge in [0.05, 0.1) is 0 Å². The normalized spacial score (nSPS) is 11.3. The number of hydrogen-bond acceptors (Lipinski definition) is 2. The maximum Gasteiger partial charge on any atom is 0.163 e. The molecule has 0 fully saturated rings. The Kier molecular flexibility index (Phi) is 8.18. The van der Waals surface area contributed by atoms with Gasteiger partial charge in [0.25, 0.3) is 0 Å². The Hall–Kier alpha value is -0.920. The number of carbonyl (C=O) groups is 2. The maximum atomic E-state index is 11.5. The highest BCUT2D eigenvalue weighted by molar-refractivity contribution is 5.99. The lowest BCUT2D eigenvalue weighted by Crippen LogP contribution is -2.21. The van der Waals surface area contributed by atoms with Crippen molar-refractivity contribution in [3.05, 3.63) is 11.1 Å². The summed E-state index contributed by atoms with van der Waals surface area (Å²) in [6.45, 7) is 19.4. The van der Waals surface area contributed by atoms with Gasteiger partial charge in [0.15, 0.2) is 5.78 Å². The van der Waals surface area contributed by atoms with Crippen molar-refractivity contribution in [2.45, 2.75) is 75.7 Å². The molecule has 0 heterocycles. The molecule has 0 aromatic rings. The van der Waals surface area contributed by atoms with Crippen molar-refractivity contribution in [1.29, 1.82) is 0 Å². The zero-order chi connectivity index (χ0) is 16.0. The van der Waals surface area contributed by atoms with Crippen LogP contribution in [0.2, 0.25) is 0 Å².